The summed E-state index contributed by atoms with van der Waals surface area (Å²) in [6.07, 6.45) is 4.25. The Labute approximate surface area is 146 Å². The number of methoxy groups -OCH3 is 1. The number of likely N-dealkylation sites (N-methyl/N-ethyl adjacent to an activating group) is 1. The van der Waals surface area contributed by atoms with Crippen molar-refractivity contribution in [2.45, 2.75) is 32.6 Å². The molecule has 6 nitrogen and oxygen atoms in total. The largest absolute Gasteiger partial charge is 0.385 e. The minimum Gasteiger partial charge on any atom is -0.385 e. The number of amides is 1. The van der Waals surface area contributed by atoms with E-state index >= 15 is 0 Å². The molecule has 0 saturated heterocycles. The van der Waals surface area contributed by atoms with Crippen molar-refractivity contribution in [3.63, 3.8) is 0 Å². The van der Waals surface area contributed by atoms with E-state index in [0.717, 1.165) is 41.1 Å². The summed E-state index contributed by atoms with van der Waals surface area (Å²) in [5.74, 6) is 1.64. The van der Waals surface area contributed by atoms with E-state index in [9.17, 15) is 4.79 Å². The number of thiophene rings is 1. The second kappa shape index (κ2) is 7.44. The number of carbonyl (C=O) groups excluding carboxylic acids is 1. The fourth-order valence-electron chi connectivity index (χ4n) is 3.15. The monoisotopic (exact) mass is 348 g/mol. The van der Waals surface area contributed by atoms with Crippen molar-refractivity contribution < 1.29 is 9.53 Å². The third kappa shape index (κ3) is 3.52. The molecule has 0 fully saturated rings. The van der Waals surface area contributed by atoms with Gasteiger partial charge in [0.25, 0.3) is 0 Å². The molecule has 2 aromatic rings. The number of nitrogens with one attached hydrogen (secondary N) is 1. The molecule has 2 aromatic heterocycles. The van der Waals surface area contributed by atoms with E-state index in [1.807, 2.05) is 18.9 Å². The van der Waals surface area contributed by atoms with Crippen LogP contribution in [0.2, 0.25) is 0 Å². The van der Waals surface area contributed by atoms with Crippen LogP contribution in [0.25, 0.3) is 10.2 Å². The average molecular weight is 348 g/mol. The van der Waals surface area contributed by atoms with E-state index in [4.69, 9.17) is 4.74 Å². The normalized spacial score (nSPS) is 13.3. The molecule has 1 aliphatic carbocycles. The lowest BCUT2D eigenvalue weighted by Crippen LogP contribution is -2.36. The van der Waals surface area contributed by atoms with Crippen LogP contribution in [0.5, 0.6) is 0 Å². The maximum Gasteiger partial charge on any atom is 0.239 e. The smallest absolute Gasteiger partial charge is 0.239 e. The number of aromatic nitrogens is 2. The number of anilines is 1. The van der Waals surface area contributed by atoms with Crippen LogP contribution in [0.3, 0.4) is 0 Å². The molecule has 0 aliphatic heterocycles. The SMILES string of the molecule is COCCCNC(=O)CN(C)c1nc(C)nc2sc3c(c12)CCC3. The molecule has 3 rings (SSSR count). The molecule has 0 radical (unpaired) electrons. The van der Waals surface area contributed by atoms with Crippen LogP contribution in [-0.2, 0) is 22.4 Å². The summed E-state index contributed by atoms with van der Waals surface area (Å²) in [4.78, 5) is 25.8. The number of carbonyl (C=O) groups is 1. The van der Waals surface area contributed by atoms with Crippen molar-refractivity contribution in [1.82, 2.24) is 15.3 Å². The zero-order valence-electron chi connectivity index (χ0n) is 14.5. The fraction of sp³-hybridized carbons (Fsp3) is 0.588. The molecule has 0 atom stereocenters. The lowest BCUT2D eigenvalue weighted by atomic mass is 10.2. The van der Waals surface area contributed by atoms with Gasteiger partial charge in [-0.05, 0) is 38.2 Å². The Morgan fingerprint density at radius 1 is 1.38 bits per heavy atom. The number of hydrogen-bond donors (Lipinski definition) is 1. The Bertz CT molecular complexity index is 744. The highest BCUT2D eigenvalue weighted by atomic mass is 32.1. The van der Waals surface area contributed by atoms with Gasteiger partial charge in [-0.3, -0.25) is 4.79 Å². The molecule has 0 unspecified atom stereocenters. The van der Waals surface area contributed by atoms with E-state index < -0.39 is 0 Å². The van der Waals surface area contributed by atoms with E-state index in [1.165, 1.54) is 16.9 Å². The highest BCUT2D eigenvalue weighted by Crippen LogP contribution is 2.40. The van der Waals surface area contributed by atoms with Crippen LogP contribution in [0.15, 0.2) is 0 Å². The van der Waals surface area contributed by atoms with Gasteiger partial charge >= 0.3 is 0 Å². The molecule has 1 N–H and O–H groups in total. The zero-order chi connectivity index (χ0) is 17.1. The van der Waals surface area contributed by atoms with Crippen LogP contribution in [0.1, 0.15) is 29.1 Å². The van der Waals surface area contributed by atoms with Crippen LogP contribution >= 0.6 is 11.3 Å². The van der Waals surface area contributed by atoms with Crippen LogP contribution < -0.4 is 10.2 Å². The Morgan fingerprint density at radius 3 is 3.00 bits per heavy atom. The lowest BCUT2D eigenvalue weighted by Gasteiger charge is -2.19. The van der Waals surface area contributed by atoms with Crippen LogP contribution in [0.4, 0.5) is 5.82 Å². The molecule has 24 heavy (non-hydrogen) atoms. The molecule has 0 spiro atoms. The third-order valence-corrected chi connectivity index (χ3v) is 5.43. The number of hydrogen-bond acceptors (Lipinski definition) is 6. The standard InChI is InChI=1S/C17H24N4O2S/c1-11-19-16(21(2)10-14(22)18-8-5-9-23-3)15-12-6-4-7-13(12)24-17(15)20-11/h4-10H2,1-3H3,(H,18,22). The van der Waals surface area contributed by atoms with E-state index in [1.54, 1.807) is 18.4 Å². The summed E-state index contributed by atoms with van der Waals surface area (Å²) in [5, 5.41) is 4.07. The van der Waals surface area contributed by atoms with Gasteiger partial charge in [-0.15, -0.1) is 11.3 Å². The van der Waals surface area contributed by atoms with Crippen molar-refractivity contribution in [1.29, 1.82) is 0 Å². The zero-order valence-corrected chi connectivity index (χ0v) is 15.3. The first-order valence-corrected chi connectivity index (χ1v) is 9.17. The maximum atomic E-state index is 12.1. The molecule has 0 bridgehead atoms. The molecular formula is C17H24N4O2S. The summed E-state index contributed by atoms with van der Waals surface area (Å²) in [6, 6.07) is 0. The summed E-state index contributed by atoms with van der Waals surface area (Å²) < 4.78 is 4.99. The minimum atomic E-state index is 0.00453. The first-order valence-electron chi connectivity index (χ1n) is 8.35. The van der Waals surface area contributed by atoms with Gasteiger partial charge in [0, 0.05) is 32.2 Å². The van der Waals surface area contributed by atoms with E-state index in [-0.39, 0.29) is 5.91 Å². The molecule has 130 valence electrons. The molecule has 1 aliphatic rings. The van der Waals surface area contributed by atoms with Gasteiger partial charge < -0.3 is 15.0 Å². The molecule has 2 heterocycles. The van der Waals surface area contributed by atoms with Crippen molar-refractivity contribution in [2.75, 3.05) is 38.8 Å². The Hall–Kier alpha value is -1.73. The van der Waals surface area contributed by atoms with Crippen molar-refractivity contribution in [3.8, 4) is 0 Å². The number of aryl methyl sites for hydroxylation is 3. The maximum absolute atomic E-state index is 12.1. The van der Waals surface area contributed by atoms with Gasteiger partial charge in [0.15, 0.2) is 0 Å². The Kier molecular flexibility index (Phi) is 5.30. The van der Waals surface area contributed by atoms with Crippen molar-refractivity contribution >= 4 is 33.3 Å². The first kappa shape index (κ1) is 17.1. The topological polar surface area (TPSA) is 67.3 Å². The first-order chi connectivity index (χ1) is 11.6. The van der Waals surface area contributed by atoms with Gasteiger partial charge in [0.1, 0.15) is 16.5 Å². The number of ether oxygens (including phenoxy) is 1. The third-order valence-electron chi connectivity index (χ3n) is 4.25. The van der Waals surface area contributed by atoms with Gasteiger partial charge in [-0.25, -0.2) is 9.97 Å². The Balaban J connectivity index is 1.77. The predicted octanol–water partition coefficient (Wildman–Crippen LogP) is 2.08. The lowest BCUT2D eigenvalue weighted by molar-refractivity contribution is -0.119. The summed E-state index contributed by atoms with van der Waals surface area (Å²) in [7, 11) is 3.59. The van der Waals surface area contributed by atoms with Gasteiger partial charge in [0.05, 0.1) is 11.9 Å². The molecule has 1 amide bonds. The van der Waals surface area contributed by atoms with Gasteiger partial charge in [0.2, 0.25) is 5.91 Å². The average Bonchev–Trinajstić information content (AvgIpc) is 3.11. The molecule has 0 aromatic carbocycles. The van der Waals surface area contributed by atoms with Crippen LogP contribution in [-0.4, -0.2) is 49.7 Å². The molecule has 0 saturated carbocycles. The fourth-order valence-corrected chi connectivity index (χ4v) is 4.45. The van der Waals surface area contributed by atoms with Gasteiger partial charge in [-0.1, -0.05) is 0 Å². The number of rotatable bonds is 7. The quantitative estimate of drug-likeness (QED) is 0.776. The summed E-state index contributed by atoms with van der Waals surface area (Å²) in [6.45, 7) is 3.49. The summed E-state index contributed by atoms with van der Waals surface area (Å²) >= 11 is 1.78. The highest BCUT2D eigenvalue weighted by Gasteiger charge is 2.23. The predicted molar refractivity (Wildman–Crippen MR) is 96.9 cm³/mol. The Morgan fingerprint density at radius 2 is 2.21 bits per heavy atom. The molecule has 7 heteroatoms. The second-order valence-electron chi connectivity index (χ2n) is 6.18. The van der Waals surface area contributed by atoms with Crippen LogP contribution in [0, 0.1) is 6.92 Å². The van der Waals surface area contributed by atoms with Crippen molar-refractivity contribution in [2.24, 2.45) is 0 Å². The number of fused-ring (bicyclic) bond motifs is 3. The van der Waals surface area contributed by atoms with E-state index in [2.05, 4.69) is 15.3 Å². The van der Waals surface area contributed by atoms with Gasteiger partial charge in [-0.2, -0.15) is 0 Å². The second-order valence-corrected chi connectivity index (χ2v) is 7.27. The highest BCUT2D eigenvalue weighted by molar-refractivity contribution is 7.19. The summed E-state index contributed by atoms with van der Waals surface area (Å²) in [5.41, 5.74) is 1.39. The number of nitrogens with zero attached hydrogens (tertiary/aromatic N) is 3. The van der Waals surface area contributed by atoms with E-state index in [0.29, 0.717) is 19.7 Å². The minimum absolute atomic E-state index is 0.00453. The van der Waals surface area contributed by atoms with Crippen molar-refractivity contribution in [3.05, 3.63) is 16.3 Å². The molecular weight excluding hydrogens is 324 g/mol.